The first-order valence-electron chi connectivity index (χ1n) is 9.77. The van der Waals surface area contributed by atoms with Crippen LogP contribution in [0.1, 0.15) is 22.8 Å². The van der Waals surface area contributed by atoms with Crippen molar-refractivity contribution < 1.29 is 26.7 Å². The quantitative estimate of drug-likeness (QED) is 0.511. The minimum Gasteiger partial charge on any atom is -0.488 e. The van der Waals surface area contributed by atoms with Gasteiger partial charge in [-0.3, -0.25) is 4.79 Å². The van der Waals surface area contributed by atoms with Crippen molar-refractivity contribution in [1.29, 1.82) is 0 Å². The summed E-state index contributed by atoms with van der Waals surface area (Å²) in [6.45, 7) is 1.69. The number of benzene rings is 3. The van der Waals surface area contributed by atoms with Gasteiger partial charge in [-0.1, -0.05) is 36.4 Å². The van der Waals surface area contributed by atoms with Gasteiger partial charge in [-0.2, -0.15) is 0 Å². The number of ether oxygens (including phenoxy) is 1. The molecule has 1 amide bonds. The third-order valence-electron chi connectivity index (χ3n) is 4.48. The van der Waals surface area contributed by atoms with Gasteiger partial charge in [0.05, 0.1) is 10.9 Å². The average Bonchev–Trinajstić information content (AvgIpc) is 2.78. The van der Waals surface area contributed by atoms with E-state index in [9.17, 15) is 22.0 Å². The number of sulfonamides is 1. The van der Waals surface area contributed by atoms with E-state index in [1.165, 1.54) is 24.3 Å². The summed E-state index contributed by atoms with van der Waals surface area (Å²) in [5.74, 6) is -2.21. The van der Waals surface area contributed by atoms with E-state index in [-0.39, 0.29) is 29.4 Å². The van der Waals surface area contributed by atoms with E-state index in [1.54, 1.807) is 19.1 Å². The van der Waals surface area contributed by atoms with Crippen LogP contribution in [0.25, 0.3) is 0 Å². The lowest BCUT2D eigenvalue weighted by molar-refractivity contribution is 0.0926. The van der Waals surface area contributed by atoms with Gasteiger partial charge >= 0.3 is 0 Å². The summed E-state index contributed by atoms with van der Waals surface area (Å²) >= 11 is 0. The fourth-order valence-corrected chi connectivity index (χ4v) is 3.88. The summed E-state index contributed by atoms with van der Waals surface area (Å²) in [6, 6.07) is 17.1. The lowest BCUT2D eigenvalue weighted by Gasteiger charge is -2.16. The van der Waals surface area contributed by atoms with Gasteiger partial charge in [-0.15, -0.1) is 0 Å². The molecule has 0 fully saturated rings. The molecule has 3 aromatic carbocycles. The second-order valence-electron chi connectivity index (χ2n) is 7.10. The fourth-order valence-electron chi connectivity index (χ4n) is 2.82. The van der Waals surface area contributed by atoms with Crippen molar-refractivity contribution in [3.8, 4) is 5.75 Å². The molecule has 1 unspecified atom stereocenters. The van der Waals surface area contributed by atoms with E-state index in [0.29, 0.717) is 6.07 Å². The Balaban J connectivity index is 1.60. The van der Waals surface area contributed by atoms with E-state index >= 15 is 0 Å². The molecule has 0 aliphatic carbocycles. The van der Waals surface area contributed by atoms with Crippen LogP contribution in [-0.4, -0.2) is 27.0 Å². The normalized spacial score (nSPS) is 12.2. The number of nitrogens with one attached hydrogen (secondary N) is 2. The highest BCUT2D eigenvalue weighted by Crippen LogP contribution is 2.18. The molecule has 0 saturated carbocycles. The van der Waals surface area contributed by atoms with Crippen LogP contribution in [0.3, 0.4) is 0 Å². The molecule has 0 radical (unpaired) electrons. The van der Waals surface area contributed by atoms with Crippen LogP contribution in [0.15, 0.2) is 77.7 Å². The molecule has 32 heavy (non-hydrogen) atoms. The number of carbonyl (C=O) groups excluding carboxylic acids is 1. The van der Waals surface area contributed by atoms with Crippen LogP contribution in [0.4, 0.5) is 8.78 Å². The molecular formula is C23H22F2N2O4S. The molecule has 2 N–H and O–H groups in total. The highest BCUT2D eigenvalue weighted by Gasteiger charge is 2.17. The molecule has 3 rings (SSSR count). The summed E-state index contributed by atoms with van der Waals surface area (Å²) < 4.78 is 59.6. The third-order valence-corrected chi connectivity index (χ3v) is 5.87. The summed E-state index contributed by atoms with van der Waals surface area (Å²) in [6.07, 6.45) is 0. The highest BCUT2D eigenvalue weighted by atomic mass is 32.2. The van der Waals surface area contributed by atoms with Gasteiger partial charge < -0.3 is 10.1 Å². The maximum absolute atomic E-state index is 13.6. The average molecular weight is 461 g/mol. The van der Waals surface area contributed by atoms with Crippen molar-refractivity contribution in [3.05, 3.63) is 95.6 Å². The van der Waals surface area contributed by atoms with Crippen LogP contribution in [0.2, 0.25) is 0 Å². The first kappa shape index (κ1) is 23.4. The van der Waals surface area contributed by atoms with Crippen molar-refractivity contribution in [1.82, 2.24) is 10.0 Å². The lowest BCUT2D eigenvalue weighted by atomic mass is 10.2. The second kappa shape index (κ2) is 10.3. The lowest BCUT2D eigenvalue weighted by Crippen LogP contribution is -2.37. The van der Waals surface area contributed by atoms with Crippen molar-refractivity contribution in [2.45, 2.75) is 24.4 Å². The Hall–Kier alpha value is -3.30. The summed E-state index contributed by atoms with van der Waals surface area (Å²) in [7, 11) is -3.82. The van der Waals surface area contributed by atoms with Crippen molar-refractivity contribution in [2.24, 2.45) is 0 Å². The minimum absolute atomic E-state index is 0.0432. The molecule has 0 aromatic heterocycles. The maximum Gasteiger partial charge on any atom is 0.251 e. The Bertz CT molecular complexity index is 1190. The smallest absolute Gasteiger partial charge is 0.251 e. The van der Waals surface area contributed by atoms with Gasteiger partial charge in [0.25, 0.3) is 5.91 Å². The predicted octanol–water partition coefficient (Wildman–Crippen LogP) is 3.64. The minimum atomic E-state index is -3.82. The topological polar surface area (TPSA) is 84.5 Å². The number of hydrogen-bond donors (Lipinski definition) is 2. The molecule has 0 aliphatic rings. The van der Waals surface area contributed by atoms with Gasteiger partial charge in [-0.05, 0) is 42.8 Å². The fraction of sp³-hybridized carbons (Fsp3) is 0.174. The van der Waals surface area contributed by atoms with E-state index in [2.05, 4.69) is 10.0 Å². The van der Waals surface area contributed by atoms with Gasteiger partial charge in [-0.25, -0.2) is 21.9 Å². The van der Waals surface area contributed by atoms with Gasteiger partial charge in [0.1, 0.15) is 12.4 Å². The maximum atomic E-state index is 13.6. The first-order valence-corrected chi connectivity index (χ1v) is 11.3. The highest BCUT2D eigenvalue weighted by molar-refractivity contribution is 7.89. The van der Waals surface area contributed by atoms with Crippen molar-refractivity contribution in [2.75, 3.05) is 6.61 Å². The Morgan fingerprint density at radius 1 is 1.00 bits per heavy atom. The molecule has 0 heterocycles. The van der Waals surface area contributed by atoms with E-state index in [0.717, 1.165) is 17.7 Å². The standard InChI is InChI=1S/C23H22F2N2O4S/c1-16(15-31-22-11-10-19(24)13-21(22)25)27-23(28)18-8-5-9-20(12-18)32(29,30)26-14-17-6-3-2-4-7-17/h2-13,16,26H,14-15H2,1H3,(H,27,28). The number of carbonyl (C=O) groups is 1. The Morgan fingerprint density at radius 3 is 2.47 bits per heavy atom. The molecule has 9 heteroatoms. The summed E-state index contributed by atoms with van der Waals surface area (Å²) in [5, 5.41) is 2.66. The molecule has 6 nitrogen and oxygen atoms in total. The largest absolute Gasteiger partial charge is 0.488 e. The number of halogens is 2. The Kier molecular flexibility index (Phi) is 7.55. The Morgan fingerprint density at radius 2 is 1.75 bits per heavy atom. The van der Waals surface area contributed by atoms with Crippen LogP contribution in [0.5, 0.6) is 5.75 Å². The van der Waals surface area contributed by atoms with E-state index in [1.807, 2.05) is 18.2 Å². The first-order chi connectivity index (χ1) is 15.2. The predicted molar refractivity (Wildman–Crippen MR) is 116 cm³/mol. The number of rotatable bonds is 9. The van der Waals surface area contributed by atoms with Crippen molar-refractivity contribution in [3.63, 3.8) is 0 Å². The molecular weight excluding hydrogens is 438 g/mol. The third kappa shape index (κ3) is 6.35. The van der Waals surface area contributed by atoms with Crippen LogP contribution >= 0.6 is 0 Å². The Labute approximate surface area is 185 Å². The zero-order valence-corrected chi connectivity index (χ0v) is 18.0. The van der Waals surface area contributed by atoms with Crippen LogP contribution in [0, 0.1) is 11.6 Å². The molecule has 0 aliphatic heterocycles. The SMILES string of the molecule is CC(COc1ccc(F)cc1F)NC(=O)c1cccc(S(=O)(=O)NCc2ccccc2)c1. The van der Waals surface area contributed by atoms with Gasteiger partial charge in [0, 0.05) is 18.2 Å². The molecule has 168 valence electrons. The monoisotopic (exact) mass is 460 g/mol. The molecule has 0 saturated heterocycles. The van der Waals surface area contributed by atoms with Crippen LogP contribution < -0.4 is 14.8 Å². The van der Waals surface area contributed by atoms with Crippen molar-refractivity contribution >= 4 is 15.9 Å². The molecule has 1 atom stereocenters. The molecule has 3 aromatic rings. The van der Waals surface area contributed by atoms with Gasteiger partial charge in [0.15, 0.2) is 11.6 Å². The zero-order chi connectivity index (χ0) is 23.1. The second-order valence-corrected chi connectivity index (χ2v) is 8.87. The molecule has 0 spiro atoms. The number of amides is 1. The summed E-state index contributed by atoms with van der Waals surface area (Å²) in [5.41, 5.74) is 0.948. The summed E-state index contributed by atoms with van der Waals surface area (Å²) in [4.78, 5) is 12.5. The van der Waals surface area contributed by atoms with Crippen LogP contribution in [-0.2, 0) is 16.6 Å². The molecule has 0 bridgehead atoms. The van der Waals surface area contributed by atoms with Gasteiger partial charge in [0.2, 0.25) is 10.0 Å². The zero-order valence-electron chi connectivity index (χ0n) is 17.2. The van der Waals surface area contributed by atoms with E-state index < -0.39 is 33.6 Å². The number of hydrogen-bond acceptors (Lipinski definition) is 4. The van der Waals surface area contributed by atoms with E-state index in [4.69, 9.17) is 4.74 Å².